The van der Waals surface area contributed by atoms with Gasteiger partial charge in [0, 0.05) is 6.04 Å². The van der Waals surface area contributed by atoms with Gasteiger partial charge in [-0.05, 0) is 46.0 Å². The van der Waals surface area contributed by atoms with Crippen LogP contribution in [0.2, 0.25) is 0 Å². The first kappa shape index (κ1) is 36.5. The second-order valence-corrected chi connectivity index (χ2v) is 6.81. The van der Waals surface area contributed by atoms with Gasteiger partial charge in [0.1, 0.15) is 12.1 Å². The summed E-state index contributed by atoms with van der Waals surface area (Å²) < 4.78 is 4.93. The monoisotopic (exact) mass is 510 g/mol. The molecule has 12 heteroatoms. The van der Waals surface area contributed by atoms with E-state index in [4.69, 9.17) is 4.74 Å². The van der Waals surface area contributed by atoms with Crippen LogP contribution in [0, 0.1) is 5.92 Å². The summed E-state index contributed by atoms with van der Waals surface area (Å²) >= 11 is 0. The second kappa shape index (κ2) is 16.8. The van der Waals surface area contributed by atoms with E-state index >= 15 is 0 Å². The first-order valence-electron chi connectivity index (χ1n) is 8.84. The molecule has 3 unspecified atom stereocenters. The molecule has 5 atom stereocenters. The van der Waals surface area contributed by atoms with Gasteiger partial charge in [-0.25, -0.2) is 4.79 Å². The fourth-order valence-corrected chi connectivity index (χ4v) is 4.00. The average Bonchev–Trinajstić information content (AvgIpc) is 2.93. The molecule has 1 saturated heterocycles. The highest BCUT2D eigenvalue weighted by Gasteiger charge is 2.48. The number of carbonyl (C=O) groups is 3. The van der Waals surface area contributed by atoms with Crippen molar-refractivity contribution >= 4 is 85.3 Å². The third-order valence-corrected chi connectivity index (χ3v) is 5.14. The molecule has 0 aromatic carbocycles. The summed E-state index contributed by atoms with van der Waals surface area (Å²) in [5.74, 6) is -1.32. The Morgan fingerprint density at radius 1 is 1.03 bits per heavy atom. The van der Waals surface area contributed by atoms with Crippen LogP contribution in [0.3, 0.4) is 0 Å². The smallest absolute Gasteiger partial charge is 0.326 e. The van der Waals surface area contributed by atoms with E-state index in [1.54, 1.807) is 25.7 Å². The quantitative estimate of drug-likeness (QED) is 0.529. The number of nitrogens with one attached hydrogen (secondary N) is 1. The number of aliphatic carboxylic acids is 1. The molecule has 1 heterocycles. The van der Waals surface area contributed by atoms with E-state index in [1.165, 1.54) is 0 Å². The van der Waals surface area contributed by atoms with Crippen LogP contribution in [0.1, 0.15) is 52.9 Å². The average molecular weight is 511 g/mol. The minimum absolute atomic E-state index is 0. The summed E-state index contributed by atoms with van der Waals surface area (Å²) in [4.78, 5) is 37.8. The number of carbonyl (C=O) groups excluding carboxylic acids is 2. The van der Waals surface area contributed by atoms with Crippen molar-refractivity contribution in [3.8, 4) is 0 Å². The number of rotatable bonds is 6. The van der Waals surface area contributed by atoms with Gasteiger partial charge in [0.15, 0.2) is 0 Å². The molecular weight excluding hydrogens is 473 g/mol. The van der Waals surface area contributed by atoms with Crippen LogP contribution in [-0.4, -0.2) is 58.6 Å². The summed E-state index contributed by atoms with van der Waals surface area (Å²) in [6.45, 7) is 5.32. The Morgan fingerprint density at radius 3 is 2.10 bits per heavy atom. The number of nitrogens with zero attached hydrogens (tertiary/aromatic N) is 1. The SMILES string of the molecule is CCOC(=O)C(C)NC(C)C(=O)N1C(C(=O)O)C[C@@H]2CCCC[C@@H]21.S.S.S.S.S. The van der Waals surface area contributed by atoms with Crippen LogP contribution in [0.4, 0.5) is 0 Å². The molecule has 2 N–H and O–H groups in total. The Bertz CT molecular complexity index is 515. The zero-order chi connectivity index (χ0) is 17.9. The first-order chi connectivity index (χ1) is 11.4. The van der Waals surface area contributed by atoms with Crippen molar-refractivity contribution in [1.82, 2.24) is 10.2 Å². The molecule has 2 rings (SSSR count). The molecule has 1 amide bonds. The highest BCUT2D eigenvalue weighted by molar-refractivity contribution is 7.60. The Kier molecular flexibility index (Phi) is 21.1. The predicted octanol–water partition coefficient (Wildman–Crippen LogP) is 1.72. The number of carboxylic acid groups (broad SMARTS) is 1. The number of hydrogen-bond acceptors (Lipinski definition) is 5. The molecule has 0 spiro atoms. The van der Waals surface area contributed by atoms with Crippen molar-refractivity contribution in [2.24, 2.45) is 5.92 Å². The molecule has 0 aromatic rings. The minimum atomic E-state index is -0.941. The van der Waals surface area contributed by atoms with Crippen molar-refractivity contribution in [1.29, 1.82) is 0 Å². The third-order valence-electron chi connectivity index (χ3n) is 5.14. The van der Waals surface area contributed by atoms with Crippen LogP contribution >= 0.6 is 67.5 Å². The summed E-state index contributed by atoms with van der Waals surface area (Å²) in [6, 6.07) is -1.99. The standard InChI is InChI=1S/C17H28N2O5.5H2S/c1-4-24-17(23)11(3)18-10(2)15(20)19-13-8-6-5-7-12(13)9-14(19)16(21)22;;;;;/h10-14,18H,4-9H2,1-3H3,(H,21,22);5*1H2/t10?,11?,12-,13-,14?;;;;;/m0...../s1. The van der Waals surface area contributed by atoms with Gasteiger partial charge in [0.25, 0.3) is 0 Å². The van der Waals surface area contributed by atoms with E-state index in [0.29, 0.717) is 6.42 Å². The molecule has 176 valence electrons. The summed E-state index contributed by atoms with van der Waals surface area (Å²) in [6.07, 6.45) is 4.51. The molecule has 1 saturated carbocycles. The van der Waals surface area contributed by atoms with Gasteiger partial charge < -0.3 is 14.7 Å². The number of ether oxygens (including phenoxy) is 1. The molecule has 1 aliphatic carbocycles. The highest BCUT2D eigenvalue weighted by Crippen LogP contribution is 2.40. The molecule has 0 bridgehead atoms. The van der Waals surface area contributed by atoms with Gasteiger partial charge in [-0.15, -0.1) is 0 Å². The largest absolute Gasteiger partial charge is 0.480 e. The molecule has 0 radical (unpaired) electrons. The zero-order valence-electron chi connectivity index (χ0n) is 17.2. The van der Waals surface area contributed by atoms with Gasteiger partial charge >= 0.3 is 11.9 Å². The minimum Gasteiger partial charge on any atom is -0.480 e. The van der Waals surface area contributed by atoms with Crippen LogP contribution in [0.25, 0.3) is 0 Å². The van der Waals surface area contributed by atoms with Crippen molar-refractivity contribution in [2.75, 3.05) is 6.61 Å². The van der Waals surface area contributed by atoms with E-state index in [9.17, 15) is 19.5 Å². The number of carboxylic acids is 1. The van der Waals surface area contributed by atoms with Gasteiger partial charge in [-0.3, -0.25) is 14.9 Å². The maximum Gasteiger partial charge on any atom is 0.326 e. The van der Waals surface area contributed by atoms with E-state index in [2.05, 4.69) is 5.32 Å². The van der Waals surface area contributed by atoms with Crippen molar-refractivity contribution in [3.05, 3.63) is 0 Å². The number of hydrogen-bond donors (Lipinski definition) is 2. The summed E-state index contributed by atoms with van der Waals surface area (Å²) in [5.41, 5.74) is 0. The van der Waals surface area contributed by atoms with Gasteiger partial charge in [0.05, 0.1) is 12.6 Å². The van der Waals surface area contributed by atoms with E-state index in [1.807, 2.05) is 0 Å². The van der Waals surface area contributed by atoms with Crippen molar-refractivity contribution in [3.63, 3.8) is 0 Å². The normalized spacial score (nSPS) is 23.8. The Morgan fingerprint density at radius 2 is 1.59 bits per heavy atom. The van der Waals surface area contributed by atoms with Crippen LogP contribution in [0.5, 0.6) is 0 Å². The zero-order valence-corrected chi connectivity index (χ0v) is 22.2. The Balaban J connectivity index is -0.000000625. The van der Waals surface area contributed by atoms with Crippen molar-refractivity contribution in [2.45, 2.75) is 77.0 Å². The number of amides is 1. The second-order valence-electron chi connectivity index (χ2n) is 6.81. The lowest BCUT2D eigenvalue weighted by atomic mass is 9.84. The number of esters is 1. The fourth-order valence-electron chi connectivity index (χ4n) is 4.00. The maximum absolute atomic E-state index is 12.9. The Labute approximate surface area is 208 Å². The molecule has 2 fully saturated rings. The topological polar surface area (TPSA) is 95.9 Å². The van der Waals surface area contributed by atoms with E-state index in [-0.39, 0.29) is 92.0 Å². The molecule has 0 aromatic heterocycles. The fraction of sp³-hybridized carbons (Fsp3) is 0.824. The summed E-state index contributed by atoms with van der Waals surface area (Å²) in [5, 5.41) is 12.5. The molecular formula is C17H38N2O5S5. The molecule has 29 heavy (non-hydrogen) atoms. The molecule has 2 aliphatic rings. The van der Waals surface area contributed by atoms with Gasteiger partial charge in [-0.1, -0.05) is 12.8 Å². The molecule has 7 nitrogen and oxygen atoms in total. The van der Waals surface area contributed by atoms with Crippen molar-refractivity contribution < 1.29 is 24.2 Å². The molecule has 1 aliphatic heterocycles. The summed E-state index contributed by atoms with van der Waals surface area (Å²) in [7, 11) is 0. The lowest BCUT2D eigenvalue weighted by Crippen LogP contribution is -2.55. The highest BCUT2D eigenvalue weighted by atomic mass is 32.1. The number of likely N-dealkylation sites (tertiary alicyclic amines) is 1. The van der Waals surface area contributed by atoms with E-state index < -0.39 is 30.1 Å². The van der Waals surface area contributed by atoms with Gasteiger partial charge in [-0.2, -0.15) is 67.5 Å². The van der Waals surface area contributed by atoms with E-state index in [0.717, 1.165) is 25.7 Å². The maximum atomic E-state index is 12.9. The third kappa shape index (κ3) is 9.02. The lowest BCUT2D eigenvalue weighted by molar-refractivity contribution is -0.151. The Hall–Kier alpha value is 0.120. The van der Waals surface area contributed by atoms with Gasteiger partial charge in [0.2, 0.25) is 5.91 Å². The van der Waals surface area contributed by atoms with Crippen LogP contribution in [0.15, 0.2) is 0 Å². The van der Waals surface area contributed by atoms with Crippen LogP contribution in [-0.2, 0) is 19.1 Å². The lowest BCUT2D eigenvalue weighted by Gasteiger charge is -2.35. The number of fused-ring (bicyclic) bond motifs is 1. The first-order valence-corrected chi connectivity index (χ1v) is 8.84. The van der Waals surface area contributed by atoms with Crippen LogP contribution < -0.4 is 5.32 Å². The predicted molar refractivity (Wildman–Crippen MR) is 139 cm³/mol.